The van der Waals surface area contributed by atoms with Crippen molar-refractivity contribution in [2.45, 2.75) is 26.7 Å². The summed E-state index contributed by atoms with van der Waals surface area (Å²) in [6, 6.07) is 3.81. The number of Topliss-reactive ketones (excluding diaryl/α,β-unsaturated/α-hetero) is 1. The van der Waals surface area contributed by atoms with E-state index in [2.05, 4.69) is 16.8 Å². The number of hydrogen-bond acceptors (Lipinski definition) is 3. The Balaban J connectivity index is 1.99. The number of piperidine rings is 1. The Labute approximate surface area is 103 Å². The number of aryl methyl sites for hydroxylation is 1. The third kappa shape index (κ3) is 2.91. The summed E-state index contributed by atoms with van der Waals surface area (Å²) in [5.74, 6) is 0.397. The molecule has 92 valence electrons. The highest BCUT2D eigenvalue weighted by Gasteiger charge is 2.25. The summed E-state index contributed by atoms with van der Waals surface area (Å²) in [5, 5.41) is 0. The zero-order chi connectivity index (χ0) is 12.3. The fourth-order valence-electron chi connectivity index (χ4n) is 2.33. The minimum Gasteiger partial charge on any atom is -0.304 e. The van der Waals surface area contributed by atoms with Crippen molar-refractivity contribution < 1.29 is 4.79 Å². The summed E-state index contributed by atoms with van der Waals surface area (Å²) >= 11 is 0. The monoisotopic (exact) mass is 232 g/mol. The maximum absolute atomic E-state index is 12.2. The van der Waals surface area contributed by atoms with E-state index in [9.17, 15) is 4.79 Å². The lowest BCUT2D eigenvalue weighted by molar-refractivity contribution is 0.0839. The van der Waals surface area contributed by atoms with Crippen molar-refractivity contribution in [3.8, 4) is 0 Å². The van der Waals surface area contributed by atoms with Gasteiger partial charge in [-0.2, -0.15) is 0 Å². The largest absolute Gasteiger partial charge is 0.304 e. The minimum atomic E-state index is 0.174. The molecule has 0 aromatic carbocycles. The lowest BCUT2D eigenvalue weighted by atomic mass is 9.90. The molecule has 0 spiro atoms. The molecule has 1 aromatic rings. The van der Waals surface area contributed by atoms with Gasteiger partial charge in [0.05, 0.1) is 0 Å². The number of hydrogen-bond donors (Lipinski definition) is 0. The lowest BCUT2D eigenvalue weighted by Gasteiger charge is -2.29. The summed E-state index contributed by atoms with van der Waals surface area (Å²) in [5.41, 5.74) is 1.73. The van der Waals surface area contributed by atoms with Crippen LogP contribution in [0.25, 0.3) is 0 Å². The highest BCUT2D eigenvalue weighted by atomic mass is 16.1. The number of pyridine rings is 1. The van der Waals surface area contributed by atoms with E-state index in [0.717, 1.165) is 38.0 Å². The van der Waals surface area contributed by atoms with Crippen LogP contribution >= 0.6 is 0 Å². The molecule has 3 heteroatoms. The molecule has 0 atom stereocenters. The van der Waals surface area contributed by atoms with Crippen LogP contribution < -0.4 is 0 Å². The van der Waals surface area contributed by atoms with Gasteiger partial charge in [0.15, 0.2) is 5.78 Å². The number of carbonyl (C=O) groups excluding carboxylic acids is 1. The molecular weight excluding hydrogens is 212 g/mol. The number of likely N-dealkylation sites (tertiary alicyclic amines) is 1. The van der Waals surface area contributed by atoms with Gasteiger partial charge < -0.3 is 4.90 Å². The van der Waals surface area contributed by atoms with Crippen LogP contribution in [0.5, 0.6) is 0 Å². The van der Waals surface area contributed by atoms with Crippen LogP contribution in [0.2, 0.25) is 0 Å². The molecule has 0 aliphatic carbocycles. The van der Waals surface area contributed by atoms with Crippen molar-refractivity contribution in [3.05, 3.63) is 29.6 Å². The van der Waals surface area contributed by atoms with Crippen LogP contribution in [-0.4, -0.2) is 35.3 Å². The number of rotatable bonds is 3. The zero-order valence-electron chi connectivity index (χ0n) is 10.6. The van der Waals surface area contributed by atoms with Gasteiger partial charge in [-0.1, -0.05) is 13.0 Å². The maximum Gasteiger partial charge on any atom is 0.184 e. The lowest BCUT2D eigenvalue weighted by Crippen LogP contribution is -2.36. The smallest absolute Gasteiger partial charge is 0.184 e. The fraction of sp³-hybridized carbons (Fsp3) is 0.571. The third-order valence-corrected chi connectivity index (χ3v) is 3.57. The van der Waals surface area contributed by atoms with Gasteiger partial charge in [0.1, 0.15) is 5.69 Å². The molecule has 2 heterocycles. The first-order valence-electron chi connectivity index (χ1n) is 6.40. The second-order valence-electron chi connectivity index (χ2n) is 4.79. The molecule has 3 nitrogen and oxygen atoms in total. The van der Waals surface area contributed by atoms with E-state index in [1.54, 1.807) is 6.20 Å². The molecule has 1 aliphatic heterocycles. The SMILES string of the molecule is CCN1CCC(C(=O)c2ccc(C)cn2)CC1. The van der Waals surface area contributed by atoms with Gasteiger partial charge in [-0.25, -0.2) is 0 Å². The molecule has 0 radical (unpaired) electrons. The van der Waals surface area contributed by atoms with E-state index in [1.165, 1.54) is 0 Å². The van der Waals surface area contributed by atoms with Gasteiger partial charge in [0, 0.05) is 12.1 Å². The van der Waals surface area contributed by atoms with Gasteiger partial charge in [-0.15, -0.1) is 0 Å². The zero-order valence-corrected chi connectivity index (χ0v) is 10.6. The van der Waals surface area contributed by atoms with E-state index < -0.39 is 0 Å². The van der Waals surface area contributed by atoms with Crippen molar-refractivity contribution >= 4 is 5.78 Å². The van der Waals surface area contributed by atoms with Crippen LogP contribution in [-0.2, 0) is 0 Å². The second kappa shape index (κ2) is 5.41. The molecule has 17 heavy (non-hydrogen) atoms. The number of nitrogens with zero attached hydrogens (tertiary/aromatic N) is 2. The van der Waals surface area contributed by atoms with Gasteiger partial charge in [-0.05, 0) is 51.0 Å². The Kier molecular flexibility index (Phi) is 3.89. The standard InChI is InChI=1S/C14H20N2O/c1-3-16-8-6-12(7-9-16)14(17)13-5-4-11(2)10-15-13/h4-5,10,12H,3,6-9H2,1-2H3. The van der Waals surface area contributed by atoms with Crippen molar-refractivity contribution in [2.24, 2.45) is 5.92 Å². The Bertz CT molecular complexity index is 378. The molecule has 0 saturated carbocycles. The van der Waals surface area contributed by atoms with Crippen molar-refractivity contribution in [3.63, 3.8) is 0 Å². The quantitative estimate of drug-likeness (QED) is 0.750. The summed E-state index contributed by atoms with van der Waals surface area (Å²) in [6.07, 6.45) is 3.72. The molecule has 1 aromatic heterocycles. The highest BCUT2D eigenvalue weighted by molar-refractivity contribution is 5.96. The predicted molar refractivity (Wildman–Crippen MR) is 68.1 cm³/mol. The van der Waals surface area contributed by atoms with E-state index in [-0.39, 0.29) is 11.7 Å². The van der Waals surface area contributed by atoms with Crippen LogP contribution in [0.3, 0.4) is 0 Å². The average Bonchev–Trinajstić information content (AvgIpc) is 2.39. The molecule has 1 aliphatic rings. The highest BCUT2D eigenvalue weighted by Crippen LogP contribution is 2.20. The van der Waals surface area contributed by atoms with Crippen molar-refractivity contribution in [1.82, 2.24) is 9.88 Å². The minimum absolute atomic E-state index is 0.174. The first-order chi connectivity index (χ1) is 8.20. The van der Waals surface area contributed by atoms with E-state index in [1.807, 2.05) is 19.1 Å². The first-order valence-corrected chi connectivity index (χ1v) is 6.40. The Morgan fingerprint density at radius 2 is 2.12 bits per heavy atom. The van der Waals surface area contributed by atoms with Crippen LogP contribution in [0, 0.1) is 12.8 Å². The molecule has 1 saturated heterocycles. The van der Waals surface area contributed by atoms with Crippen molar-refractivity contribution in [1.29, 1.82) is 0 Å². The topological polar surface area (TPSA) is 33.2 Å². The summed E-state index contributed by atoms with van der Waals surface area (Å²) in [7, 11) is 0. The van der Waals surface area contributed by atoms with E-state index in [4.69, 9.17) is 0 Å². The van der Waals surface area contributed by atoms with Crippen LogP contribution in [0.15, 0.2) is 18.3 Å². The third-order valence-electron chi connectivity index (χ3n) is 3.57. The molecule has 1 fully saturated rings. The van der Waals surface area contributed by atoms with Crippen molar-refractivity contribution in [2.75, 3.05) is 19.6 Å². The normalized spacial score (nSPS) is 18.2. The Morgan fingerprint density at radius 1 is 1.41 bits per heavy atom. The number of aromatic nitrogens is 1. The molecule has 0 N–H and O–H groups in total. The Morgan fingerprint density at radius 3 is 2.65 bits per heavy atom. The second-order valence-corrected chi connectivity index (χ2v) is 4.79. The first kappa shape index (κ1) is 12.2. The maximum atomic E-state index is 12.2. The average molecular weight is 232 g/mol. The number of carbonyl (C=O) groups is 1. The van der Waals surface area contributed by atoms with E-state index >= 15 is 0 Å². The van der Waals surface area contributed by atoms with Gasteiger partial charge >= 0.3 is 0 Å². The number of ketones is 1. The van der Waals surface area contributed by atoms with Gasteiger partial charge in [-0.3, -0.25) is 9.78 Å². The Hall–Kier alpha value is -1.22. The van der Waals surface area contributed by atoms with Crippen LogP contribution in [0.1, 0.15) is 35.8 Å². The molecular formula is C14H20N2O. The molecule has 0 bridgehead atoms. The fourth-order valence-corrected chi connectivity index (χ4v) is 2.33. The van der Waals surface area contributed by atoms with Gasteiger partial charge in [0.2, 0.25) is 0 Å². The molecule has 2 rings (SSSR count). The summed E-state index contributed by atoms with van der Waals surface area (Å²) in [6.45, 7) is 7.33. The predicted octanol–water partition coefficient (Wildman–Crippen LogP) is 2.30. The van der Waals surface area contributed by atoms with E-state index in [0.29, 0.717) is 5.69 Å². The molecule has 0 unspecified atom stereocenters. The molecule has 0 amide bonds. The van der Waals surface area contributed by atoms with Crippen LogP contribution in [0.4, 0.5) is 0 Å². The summed E-state index contributed by atoms with van der Waals surface area (Å²) < 4.78 is 0. The summed E-state index contributed by atoms with van der Waals surface area (Å²) in [4.78, 5) is 18.8. The van der Waals surface area contributed by atoms with Gasteiger partial charge in [0.25, 0.3) is 0 Å².